The molecule has 0 spiro atoms. The largest absolute Gasteiger partial charge is 0.370 e. The molecule has 8 heterocycles. The van der Waals surface area contributed by atoms with E-state index in [4.69, 9.17) is 34.4 Å². The molecule has 33 nitrogen and oxygen atoms in total. The van der Waals surface area contributed by atoms with E-state index in [1.54, 1.807) is 0 Å². The van der Waals surface area contributed by atoms with Crippen molar-refractivity contribution in [1.29, 1.82) is 0 Å². The summed E-state index contributed by atoms with van der Waals surface area (Å²) in [5.41, 5.74) is 70.2. The first-order valence-electron chi connectivity index (χ1n) is 50.4. The zero-order chi connectivity index (χ0) is 100. The number of nitrogens with zero attached hydrogens (tertiary/aromatic N) is 11. The van der Waals surface area contributed by atoms with Crippen molar-refractivity contribution in [3.63, 3.8) is 0 Å². The van der Waals surface area contributed by atoms with E-state index in [0.29, 0.717) is 0 Å². The summed E-state index contributed by atoms with van der Waals surface area (Å²) in [6.07, 6.45) is 12.5. The van der Waals surface area contributed by atoms with Gasteiger partial charge in [-0.15, -0.1) is 0 Å². The number of aryl methyl sites for hydroxylation is 6. The molecule has 0 radical (unpaired) electrons. The Labute approximate surface area is 853 Å². The molecule has 0 saturated heterocycles. The molecule has 4 aliphatic carbocycles. The lowest BCUT2D eigenvalue weighted by molar-refractivity contribution is 0.686. The van der Waals surface area contributed by atoms with Gasteiger partial charge in [0.15, 0.2) is 65.6 Å². The molecule has 12 aromatic rings. The standard InChI is InChI=1S/C20H22N6.C20H24N6.C19H20N6.C16H18N6.C16H17N3.2C11H15N3/c1-3-17(25-19-21-5-6-22-19)11-15-10-14-2-4-18(12-16(14)9-13(1)15)26-20-23-7-8-24-20;1(15-3-7-17(8-4-15)25-19-21-11-12-22-19)2-16-5-9-18(10-6-16)26-20-23-13-14-24-20;1-3-16-12(10-14(1)24-18-20-5-6-21-18)9-13-11-15(2-4-17(13)16)25-19-22-7-8-23-19;17-15(18)21-13-3-1-9-5-12-8-14(22-16(19)20)4-2-10(12)6-11(9)7-13;1-2-4-13(5-3-1)12-14-6-8-15(9-7-14)19-16-17-10-11-18-16;1-8-3-4-10(7-9(8)2)14-11-12-5-6-13-11;12-11(13)14-10-6-5-8-3-1-2-4-9(8)7-10/h1-4,11-12H,5-10H2,(H2,21,22,25)(H2,23,24,26);3-10H,1-2,11-14H2,(H2,21,22,25)(H2,23,24,26);1-4,10-11H,5-9H2,(H2,20,21,24)(H2,22,23,25);1-4,7-8H,5-6H2,(H4,17,18,21)(H4,19,20,22);1-9H,10-12H2,(H2,17,18,19);3-4,7H,5-6H2,1-2H3,(H2,12,13,14);5-7H,1-4H2,(H4,12,13,14). The second kappa shape index (κ2) is 48.9. The van der Waals surface area contributed by atoms with Crippen LogP contribution in [0, 0.1) is 13.8 Å². The van der Waals surface area contributed by atoms with Gasteiger partial charge in [0.1, 0.15) is 0 Å². The van der Waals surface area contributed by atoms with Crippen LogP contribution < -0.4 is 119 Å². The van der Waals surface area contributed by atoms with Crippen molar-refractivity contribution in [2.24, 2.45) is 89.3 Å². The summed E-state index contributed by atoms with van der Waals surface area (Å²) < 4.78 is 0. The molecule has 0 saturated carbocycles. The smallest absolute Gasteiger partial charge is 0.195 e. The van der Waals surface area contributed by atoms with Gasteiger partial charge < -0.3 is 119 Å². The number of fused-ring (bicyclic) bond motifs is 8. The summed E-state index contributed by atoms with van der Waals surface area (Å²) in [7, 11) is 0. The monoisotopic (exact) mass is 1950 g/mol. The molecule has 12 aromatic carbocycles. The van der Waals surface area contributed by atoms with Gasteiger partial charge in [0, 0.05) is 97.9 Å². The van der Waals surface area contributed by atoms with E-state index in [1.807, 2.05) is 36.4 Å². The second-order valence-corrected chi connectivity index (χ2v) is 37.1. The van der Waals surface area contributed by atoms with Crippen LogP contribution in [-0.4, -0.2) is 170 Å². The highest BCUT2D eigenvalue weighted by Crippen LogP contribution is 2.40. The van der Waals surface area contributed by atoms with Gasteiger partial charge in [-0.3, -0.25) is 39.9 Å². The third-order valence-corrected chi connectivity index (χ3v) is 26.1. The van der Waals surface area contributed by atoms with Crippen LogP contribution in [0.4, 0.5) is 62.6 Å². The predicted molar refractivity (Wildman–Crippen MR) is 604 cm³/mol. The second-order valence-electron chi connectivity index (χ2n) is 37.1. The number of rotatable bonds is 16. The summed E-state index contributed by atoms with van der Waals surface area (Å²) in [5.74, 6) is 7.23. The van der Waals surface area contributed by atoms with Gasteiger partial charge in [0.05, 0.1) is 69.4 Å². The van der Waals surface area contributed by atoms with Crippen molar-refractivity contribution < 1.29 is 0 Å². The van der Waals surface area contributed by atoms with E-state index in [0.717, 1.165) is 273 Å². The van der Waals surface area contributed by atoms with Gasteiger partial charge in [0.2, 0.25) is 0 Å². The average Bonchev–Trinajstić information content (AvgIpc) is 1.52. The van der Waals surface area contributed by atoms with Crippen LogP contribution >= 0.6 is 0 Å². The van der Waals surface area contributed by atoms with E-state index in [9.17, 15) is 0 Å². The maximum Gasteiger partial charge on any atom is 0.195 e. The van der Waals surface area contributed by atoms with E-state index >= 15 is 0 Å². The highest BCUT2D eigenvalue weighted by molar-refractivity contribution is 6.00. The molecule has 8 aliphatic heterocycles. The van der Waals surface area contributed by atoms with Crippen molar-refractivity contribution in [3.8, 4) is 11.1 Å². The molecule has 24 rings (SSSR count). The molecule has 28 N–H and O–H groups in total. The number of nitrogens with two attached hydrogens (primary N) is 6. The fourth-order valence-electron chi connectivity index (χ4n) is 18.6. The number of aliphatic imine (C=N–C) groups is 11. The van der Waals surface area contributed by atoms with E-state index in [2.05, 4.69) is 366 Å². The third-order valence-electron chi connectivity index (χ3n) is 26.1. The van der Waals surface area contributed by atoms with Crippen molar-refractivity contribution in [1.82, 2.24) is 42.5 Å². The molecule has 0 aromatic heterocycles. The van der Waals surface area contributed by atoms with Crippen LogP contribution in [0.3, 0.4) is 0 Å². The zero-order valence-corrected chi connectivity index (χ0v) is 82.9. The van der Waals surface area contributed by atoms with E-state index in [1.165, 1.54) is 131 Å². The molecule has 0 atom stereocenters. The van der Waals surface area contributed by atoms with Gasteiger partial charge in [0.25, 0.3) is 0 Å². The lowest BCUT2D eigenvalue weighted by Gasteiger charge is -2.22. The Balaban J connectivity index is 0.000000113. The quantitative estimate of drug-likeness (QED) is 0.0315. The number of nitrogens with one attached hydrogen (secondary N) is 16. The number of guanidine groups is 11. The van der Waals surface area contributed by atoms with Gasteiger partial charge in [-0.1, -0.05) is 115 Å². The Morgan fingerprint density at radius 2 is 0.500 bits per heavy atom. The van der Waals surface area contributed by atoms with Crippen LogP contribution in [-0.2, 0) is 64.2 Å². The van der Waals surface area contributed by atoms with Crippen LogP contribution in [0.25, 0.3) is 11.1 Å². The first kappa shape index (κ1) is 98.8. The molecular formula is C113H131N33. The predicted octanol–water partition coefficient (Wildman–Crippen LogP) is 12.9. The Morgan fingerprint density at radius 3 is 0.829 bits per heavy atom. The lowest BCUT2D eigenvalue weighted by atomic mass is 9.85. The van der Waals surface area contributed by atoms with Crippen molar-refractivity contribution >= 4 is 128 Å². The summed E-state index contributed by atoms with van der Waals surface area (Å²) in [5, 5.41) is 52.4. The number of benzene rings is 12. The summed E-state index contributed by atoms with van der Waals surface area (Å²) >= 11 is 0. The van der Waals surface area contributed by atoms with Crippen LogP contribution in [0.5, 0.6) is 0 Å². The van der Waals surface area contributed by atoms with Crippen molar-refractivity contribution in [2.75, 3.05) is 147 Å². The average molecular weight is 1950 g/mol. The van der Waals surface area contributed by atoms with Crippen LogP contribution in [0.15, 0.2) is 304 Å². The van der Waals surface area contributed by atoms with Gasteiger partial charge in [-0.05, 0) is 336 Å². The zero-order valence-electron chi connectivity index (χ0n) is 82.9. The first-order chi connectivity index (χ1) is 71.4. The summed E-state index contributed by atoms with van der Waals surface area (Å²) in [4.78, 5) is 47.1. The normalized spacial score (nSPS) is 15.2. The molecule has 748 valence electrons. The molecule has 0 bridgehead atoms. The summed E-state index contributed by atoms with van der Waals surface area (Å²) in [6.45, 7) is 18.4. The lowest BCUT2D eigenvalue weighted by Crippen LogP contribution is -2.26. The van der Waals surface area contributed by atoms with Crippen molar-refractivity contribution in [2.45, 2.75) is 90.9 Å². The van der Waals surface area contributed by atoms with E-state index in [-0.39, 0.29) is 17.9 Å². The molecule has 0 amide bonds. The fraction of sp³-hybridized carbons (Fsp3) is 0.265. The van der Waals surface area contributed by atoms with Gasteiger partial charge >= 0.3 is 0 Å². The molecule has 0 unspecified atom stereocenters. The Morgan fingerprint density at radius 1 is 0.240 bits per heavy atom. The topological polar surface area (TPSA) is 485 Å². The van der Waals surface area contributed by atoms with Crippen LogP contribution in [0.2, 0.25) is 0 Å². The number of hydrogen-bond donors (Lipinski definition) is 22. The Bertz CT molecular complexity index is 6680. The molecular weight excluding hydrogens is 1820 g/mol. The third kappa shape index (κ3) is 28.5. The fourth-order valence-corrected chi connectivity index (χ4v) is 18.6. The maximum atomic E-state index is 5.43. The maximum absolute atomic E-state index is 5.43. The molecule has 12 aliphatic rings. The number of hydrogen-bond acceptors (Lipinski definition) is 27. The summed E-state index contributed by atoms with van der Waals surface area (Å²) in [6, 6.07) is 87.1. The molecule has 146 heavy (non-hydrogen) atoms. The highest BCUT2D eigenvalue weighted by Gasteiger charge is 2.24. The molecule has 0 fully saturated rings. The minimum absolute atomic E-state index is 0.0676. The Hall–Kier alpha value is -17.4. The molecule has 33 heteroatoms. The van der Waals surface area contributed by atoms with Crippen LogP contribution in [0.1, 0.15) is 113 Å². The SMILES string of the molecule is Cc1ccc(NC2=NCCN2)cc1C.NC(N)=Nc1ccc2c(c1)CCCC2.NC(N)=Nc1ccc2c(c1)Cc1ccc(N=C(N)N)cc1C2.c1cc(NC2=NCCN2)ccc1CCc1ccc(NC2=NCCN2)cc1.c1cc2c(cc1NC1=NCCN1)Cc1cc(NC3=NCCN3)ccc1-2.c1cc2c(cc1NC1=NCCN1)Cc1ccc(NC3=NCCN3)cc1C2.c1ccc(Cc2ccc(NC3=NCCN3)cc2)cc1. The Kier molecular flexibility index (Phi) is 33.1. The minimum atomic E-state index is 0.0676. The van der Waals surface area contributed by atoms with Gasteiger partial charge in [-0.2, -0.15) is 0 Å². The number of anilines is 8. The van der Waals surface area contributed by atoms with E-state index < -0.39 is 0 Å². The first-order valence-corrected chi connectivity index (χ1v) is 50.4. The van der Waals surface area contributed by atoms with Gasteiger partial charge in [-0.25, -0.2) is 15.0 Å². The van der Waals surface area contributed by atoms with Crippen molar-refractivity contribution in [3.05, 3.63) is 349 Å². The minimum Gasteiger partial charge on any atom is -0.370 e. The highest BCUT2D eigenvalue weighted by atomic mass is 15.3.